The van der Waals surface area contributed by atoms with Gasteiger partial charge in [0, 0.05) is 16.3 Å². The summed E-state index contributed by atoms with van der Waals surface area (Å²) >= 11 is 3.52. The summed E-state index contributed by atoms with van der Waals surface area (Å²) in [4.78, 5) is 4.59. The number of rotatable bonds is 3. The van der Waals surface area contributed by atoms with Crippen LogP contribution in [-0.2, 0) is 0 Å². The van der Waals surface area contributed by atoms with E-state index in [0.717, 1.165) is 15.7 Å². The Morgan fingerprint density at radius 2 is 1.38 bits per heavy atom. The van der Waals surface area contributed by atoms with Gasteiger partial charge in [-0.05, 0) is 39.2 Å². The maximum atomic E-state index is 4.59. The fraction of sp³-hybridized carbons (Fsp3) is 0. The van der Waals surface area contributed by atoms with Gasteiger partial charge in [0.05, 0.1) is 5.69 Å². The van der Waals surface area contributed by atoms with Gasteiger partial charge in [-0.2, -0.15) is 0 Å². The lowest BCUT2D eigenvalue weighted by atomic mass is 10.0. The predicted octanol–water partition coefficient (Wildman–Crippen LogP) is 5.87. The van der Waals surface area contributed by atoms with Crippen molar-refractivity contribution in [2.45, 2.75) is 0 Å². The molecule has 0 amide bonds. The van der Waals surface area contributed by atoms with Crippen LogP contribution >= 0.6 is 15.9 Å². The van der Waals surface area contributed by atoms with Crippen LogP contribution in [0.3, 0.4) is 0 Å². The second kappa shape index (κ2) is 6.51. The minimum absolute atomic E-state index is 0.931. The molecule has 0 N–H and O–H groups in total. The first kappa shape index (κ1) is 13.8. The Morgan fingerprint density at radius 3 is 2.19 bits per heavy atom. The molecule has 0 atom stereocenters. The Kier molecular flexibility index (Phi) is 4.27. The van der Waals surface area contributed by atoms with E-state index >= 15 is 0 Å². The van der Waals surface area contributed by atoms with Crippen LogP contribution in [0.4, 0.5) is 5.69 Å². The van der Waals surface area contributed by atoms with Crippen LogP contribution in [0.25, 0.3) is 11.1 Å². The average molecular weight is 336 g/mol. The highest BCUT2D eigenvalue weighted by atomic mass is 79.9. The lowest BCUT2D eigenvalue weighted by molar-refractivity contribution is 1.49. The van der Waals surface area contributed by atoms with Crippen LogP contribution in [0.15, 0.2) is 88.3 Å². The molecule has 3 aromatic rings. The van der Waals surface area contributed by atoms with E-state index < -0.39 is 0 Å². The Balaban J connectivity index is 1.99. The van der Waals surface area contributed by atoms with Crippen LogP contribution in [0, 0.1) is 0 Å². The van der Waals surface area contributed by atoms with E-state index in [0.29, 0.717) is 0 Å². The summed E-state index contributed by atoms with van der Waals surface area (Å²) in [7, 11) is 0. The van der Waals surface area contributed by atoms with Crippen LogP contribution in [-0.4, -0.2) is 6.21 Å². The smallest absolute Gasteiger partial charge is 0.0771 e. The van der Waals surface area contributed by atoms with Crippen molar-refractivity contribution in [3.63, 3.8) is 0 Å². The highest BCUT2D eigenvalue weighted by Crippen LogP contribution is 2.26. The Hall–Kier alpha value is -2.19. The largest absolute Gasteiger partial charge is 0.255 e. The fourth-order valence-electron chi connectivity index (χ4n) is 2.19. The molecule has 0 aliphatic heterocycles. The third-order valence-corrected chi connectivity index (χ3v) is 3.91. The molecule has 0 aliphatic carbocycles. The molecule has 0 radical (unpaired) electrons. The molecule has 0 heterocycles. The van der Waals surface area contributed by atoms with Gasteiger partial charge in [-0.15, -0.1) is 0 Å². The van der Waals surface area contributed by atoms with Gasteiger partial charge in [-0.25, -0.2) is 0 Å². The van der Waals surface area contributed by atoms with E-state index in [9.17, 15) is 0 Å². The van der Waals surface area contributed by atoms with Crippen LogP contribution in [0.5, 0.6) is 0 Å². The molecule has 0 spiro atoms. The zero-order valence-corrected chi connectivity index (χ0v) is 13.0. The maximum absolute atomic E-state index is 4.59. The molecular formula is C19H14BrN. The van der Waals surface area contributed by atoms with Gasteiger partial charge in [0.2, 0.25) is 0 Å². The first-order chi connectivity index (χ1) is 10.3. The molecule has 0 bridgehead atoms. The summed E-state index contributed by atoms with van der Waals surface area (Å²) in [6, 6.07) is 26.6. The summed E-state index contributed by atoms with van der Waals surface area (Å²) in [6.07, 6.45) is 1.92. The lowest BCUT2D eigenvalue weighted by Gasteiger charge is -2.05. The normalized spacial score (nSPS) is 10.9. The van der Waals surface area contributed by atoms with Gasteiger partial charge in [-0.3, -0.25) is 4.99 Å². The Bertz CT molecular complexity index is 763. The van der Waals surface area contributed by atoms with Gasteiger partial charge in [0.15, 0.2) is 0 Å². The first-order valence-electron chi connectivity index (χ1n) is 6.77. The number of hydrogen-bond donors (Lipinski definition) is 0. The van der Waals surface area contributed by atoms with Crippen LogP contribution < -0.4 is 0 Å². The molecule has 21 heavy (non-hydrogen) atoms. The highest BCUT2D eigenvalue weighted by molar-refractivity contribution is 9.10. The third kappa shape index (κ3) is 3.29. The van der Waals surface area contributed by atoms with Gasteiger partial charge >= 0.3 is 0 Å². The number of hydrogen-bond acceptors (Lipinski definition) is 1. The number of halogens is 1. The summed E-state index contributed by atoms with van der Waals surface area (Å²) in [6.45, 7) is 0. The monoisotopic (exact) mass is 335 g/mol. The minimum Gasteiger partial charge on any atom is -0.255 e. The zero-order valence-electron chi connectivity index (χ0n) is 11.4. The second-order valence-electron chi connectivity index (χ2n) is 4.66. The van der Waals surface area contributed by atoms with Crippen molar-refractivity contribution in [1.82, 2.24) is 0 Å². The first-order valence-corrected chi connectivity index (χ1v) is 7.57. The fourth-order valence-corrected chi connectivity index (χ4v) is 2.57. The number of benzene rings is 3. The summed E-state index contributed by atoms with van der Waals surface area (Å²) < 4.78 is 0.999. The predicted molar refractivity (Wildman–Crippen MR) is 93.3 cm³/mol. The van der Waals surface area contributed by atoms with Gasteiger partial charge in [0.25, 0.3) is 0 Å². The number of para-hydroxylation sites is 1. The molecule has 3 rings (SSSR count). The quantitative estimate of drug-likeness (QED) is 0.531. The van der Waals surface area contributed by atoms with E-state index in [1.165, 1.54) is 11.1 Å². The molecule has 0 saturated carbocycles. The molecule has 1 nitrogen and oxygen atoms in total. The topological polar surface area (TPSA) is 12.4 Å². The highest BCUT2D eigenvalue weighted by Gasteiger charge is 2.02. The van der Waals surface area contributed by atoms with Crippen molar-refractivity contribution in [3.8, 4) is 11.1 Å². The molecule has 0 fully saturated rings. The van der Waals surface area contributed by atoms with Gasteiger partial charge in [-0.1, -0.05) is 66.7 Å². The Labute approximate surface area is 133 Å². The molecule has 0 aliphatic rings. The molecule has 0 saturated heterocycles. The number of aliphatic imine (C=N–C) groups is 1. The minimum atomic E-state index is 0.931. The maximum Gasteiger partial charge on any atom is 0.0771 e. The van der Waals surface area contributed by atoms with Crippen LogP contribution in [0.1, 0.15) is 5.56 Å². The van der Waals surface area contributed by atoms with E-state index in [4.69, 9.17) is 0 Å². The molecule has 3 aromatic carbocycles. The van der Waals surface area contributed by atoms with Crippen molar-refractivity contribution in [2.24, 2.45) is 4.99 Å². The average Bonchev–Trinajstić information content (AvgIpc) is 2.55. The molecule has 0 aromatic heterocycles. The molecule has 2 heteroatoms. The molecule has 102 valence electrons. The SMILES string of the molecule is Brc1ccccc1N=Cc1ccccc1-c1ccccc1. The summed E-state index contributed by atoms with van der Waals surface area (Å²) in [5.41, 5.74) is 4.43. The van der Waals surface area contributed by atoms with Crippen molar-refractivity contribution >= 4 is 27.8 Å². The van der Waals surface area contributed by atoms with Crippen molar-refractivity contribution in [3.05, 3.63) is 88.9 Å². The Morgan fingerprint density at radius 1 is 0.714 bits per heavy atom. The van der Waals surface area contributed by atoms with Crippen molar-refractivity contribution in [1.29, 1.82) is 0 Å². The summed E-state index contributed by atoms with van der Waals surface area (Å²) in [5.74, 6) is 0. The summed E-state index contributed by atoms with van der Waals surface area (Å²) in [5, 5.41) is 0. The second-order valence-corrected chi connectivity index (χ2v) is 5.52. The van der Waals surface area contributed by atoms with E-state index in [1.54, 1.807) is 0 Å². The van der Waals surface area contributed by atoms with Gasteiger partial charge in [0.1, 0.15) is 0 Å². The van der Waals surface area contributed by atoms with Gasteiger partial charge < -0.3 is 0 Å². The van der Waals surface area contributed by atoms with E-state index in [1.807, 2.05) is 42.6 Å². The molecule has 0 unspecified atom stereocenters. The van der Waals surface area contributed by atoms with Crippen molar-refractivity contribution < 1.29 is 0 Å². The lowest BCUT2D eigenvalue weighted by Crippen LogP contribution is -1.87. The standard InChI is InChI=1S/C19H14BrN/c20-18-12-6-7-13-19(18)21-14-16-10-4-5-11-17(16)15-8-2-1-3-9-15/h1-14H. The van der Waals surface area contributed by atoms with E-state index in [-0.39, 0.29) is 0 Å². The van der Waals surface area contributed by atoms with Crippen LogP contribution in [0.2, 0.25) is 0 Å². The molecular weight excluding hydrogens is 322 g/mol. The van der Waals surface area contributed by atoms with E-state index in [2.05, 4.69) is 63.4 Å². The third-order valence-electron chi connectivity index (χ3n) is 3.24. The zero-order chi connectivity index (χ0) is 14.5. The van der Waals surface area contributed by atoms with Crippen molar-refractivity contribution in [2.75, 3.05) is 0 Å². The number of nitrogens with zero attached hydrogens (tertiary/aromatic N) is 1.